The predicted molar refractivity (Wildman–Crippen MR) is 73.5 cm³/mol. The van der Waals surface area contributed by atoms with Crippen molar-refractivity contribution in [2.24, 2.45) is 5.73 Å². The molecule has 0 spiro atoms. The van der Waals surface area contributed by atoms with Crippen LogP contribution in [0.15, 0.2) is 0 Å². The zero-order valence-electron chi connectivity index (χ0n) is 11.4. The Bertz CT molecular complexity index is 221. The van der Waals surface area contributed by atoms with E-state index >= 15 is 0 Å². The van der Waals surface area contributed by atoms with E-state index in [-0.39, 0.29) is 0 Å². The third-order valence-electron chi connectivity index (χ3n) is 3.83. The summed E-state index contributed by atoms with van der Waals surface area (Å²) in [7, 11) is 2.24. The zero-order chi connectivity index (χ0) is 12.7. The van der Waals surface area contributed by atoms with Gasteiger partial charge < -0.3 is 15.5 Å². The highest BCUT2D eigenvalue weighted by atomic mass is 15.2. The number of nitrogens with zero attached hydrogens (tertiary/aromatic N) is 2. The summed E-state index contributed by atoms with van der Waals surface area (Å²) in [5.74, 6) is 0.323. The quantitative estimate of drug-likeness (QED) is 0.403. The van der Waals surface area contributed by atoms with Crippen molar-refractivity contribution in [2.75, 3.05) is 33.2 Å². The number of likely N-dealkylation sites (tertiary alicyclic amines) is 1. The van der Waals surface area contributed by atoms with Gasteiger partial charge in [-0.2, -0.15) is 0 Å². The van der Waals surface area contributed by atoms with Crippen LogP contribution in [0.25, 0.3) is 0 Å². The molecule has 1 fully saturated rings. The van der Waals surface area contributed by atoms with Gasteiger partial charge in [0.05, 0.1) is 5.84 Å². The first-order chi connectivity index (χ1) is 8.13. The number of piperidine rings is 1. The lowest BCUT2D eigenvalue weighted by Crippen LogP contribution is -2.43. The molecule has 0 radical (unpaired) electrons. The van der Waals surface area contributed by atoms with E-state index in [4.69, 9.17) is 11.1 Å². The van der Waals surface area contributed by atoms with Crippen molar-refractivity contribution < 1.29 is 0 Å². The molecule has 1 saturated heterocycles. The van der Waals surface area contributed by atoms with Crippen molar-refractivity contribution in [2.45, 2.75) is 45.1 Å². The van der Waals surface area contributed by atoms with Crippen molar-refractivity contribution in [3.8, 4) is 0 Å². The lowest BCUT2D eigenvalue weighted by Gasteiger charge is -2.36. The van der Waals surface area contributed by atoms with Crippen LogP contribution < -0.4 is 5.73 Å². The summed E-state index contributed by atoms with van der Waals surface area (Å²) in [4.78, 5) is 5.02. The summed E-state index contributed by atoms with van der Waals surface area (Å²) < 4.78 is 0. The summed E-state index contributed by atoms with van der Waals surface area (Å²) >= 11 is 0. The highest BCUT2D eigenvalue weighted by Gasteiger charge is 2.20. The van der Waals surface area contributed by atoms with Crippen LogP contribution in [0.5, 0.6) is 0 Å². The second kappa shape index (κ2) is 7.67. The van der Waals surface area contributed by atoms with Gasteiger partial charge in [0.15, 0.2) is 0 Å². The predicted octanol–water partition coefficient (Wildman–Crippen LogP) is 1.51. The van der Waals surface area contributed by atoms with Crippen LogP contribution in [-0.4, -0.2) is 54.9 Å². The number of nitrogens with one attached hydrogen (secondary N) is 1. The molecule has 0 unspecified atom stereocenters. The van der Waals surface area contributed by atoms with Gasteiger partial charge in [0.2, 0.25) is 0 Å². The van der Waals surface area contributed by atoms with E-state index in [1.165, 1.54) is 32.5 Å². The van der Waals surface area contributed by atoms with Gasteiger partial charge in [-0.3, -0.25) is 5.41 Å². The fraction of sp³-hybridized carbons (Fsp3) is 0.923. The molecule has 4 heteroatoms. The zero-order valence-corrected chi connectivity index (χ0v) is 11.4. The molecule has 1 aliphatic heterocycles. The number of nitrogens with two attached hydrogens (primary N) is 1. The summed E-state index contributed by atoms with van der Waals surface area (Å²) in [6.07, 6.45) is 5.56. The van der Waals surface area contributed by atoms with Crippen LogP contribution in [0.1, 0.15) is 39.0 Å². The van der Waals surface area contributed by atoms with E-state index in [0.29, 0.717) is 5.84 Å². The maximum Gasteiger partial charge on any atom is 0.0905 e. The topological polar surface area (TPSA) is 56.4 Å². The third kappa shape index (κ3) is 5.50. The van der Waals surface area contributed by atoms with E-state index in [2.05, 4.69) is 23.8 Å². The van der Waals surface area contributed by atoms with Gasteiger partial charge >= 0.3 is 0 Å². The minimum atomic E-state index is 0.323. The number of hydrogen-bond donors (Lipinski definition) is 2. The van der Waals surface area contributed by atoms with E-state index in [9.17, 15) is 0 Å². The van der Waals surface area contributed by atoms with Crippen LogP contribution in [0.3, 0.4) is 0 Å². The first-order valence-corrected chi connectivity index (χ1v) is 6.89. The minimum Gasteiger partial charge on any atom is -0.388 e. The summed E-state index contributed by atoms with van der Waals surface area (Å²) in [6, 6.07) is 0.759. The molecule has 0 aromatic carbocycles. The fourth-order valence-corrected chi connectivity index (χ4v) is 2.54. The molecule has 0 atom stereocenters. The second-order valence-corrected chi connectivity index (χ2v) is 5.13. The number of amidine groups is 1. The SMILES string of the molecule is CCN1CCC(N(C)CCCCC(=N)N)CC1. The smallest absolute Gasteiger partial charge is 0.0905 e. The van der Waals surface area contributed by atoms with Crippen molar-refractivity contribution in [3.05, 3.63) is 0 Å². The van der Waals surface area contributed by atoms with Crippen molar-refractivity contribution in [1.82, 2.24) is 9.80 Å². The standard InChI is InChI=1S/C13H28N4/c1-3-17-10-7-12(8-11-17)16(2)9-5-4-6-13(14)15/h12H,3-11H2,1-2H3,(H3,14,15). The van der Waals surface area contributed by atoms with Crippen LogP contribution in [-0.2, 0) is 0 Å². The molecule has 0 saturated carbocycles. The Morgan fingerprint density at radius 1 is 1.35 bits per heavy atom. The number of unbranched alkanes of at least 4 members (excludes halogenated alkanes) is 1. The first kappa shape index (κ1) is 14.5. The maximum absolute atomic E-state index is 7.18. The lowest BCUT2D eigenvalue weighted by atomic mass is 10.0. The minimum absolute atomic E-state index is 0.323. The van der Waals surface area contributed by atoms with Crippen molar-refractivity contribution >= 4 is 5.84 Å². The molecule has 100 valence electrons. The number of hydrogen-bond acceptors (Lipinski definition) is 3. The molecule has 0 amide bonds. The Balaban J connectivity index is 2.11. The summed E-state index contributed by atoms with van der Waals surface area (Å²) in [5, 5.41) is 7.18. The van der Waals surface area contributed by atoms with Gasteiger partial charge in [-0.05, 0) is 58.9 Å². The highest BCUT2D eigenvalue weighted by Crippen LogP contribution is 2.15. The lowest BCUT2D eigenvalue weighted by molar-refractivity contribution is 0.130. The molecule has 4 nitrogen and oxygen atoms in total. The molecule has 1 aliphatic rings. The Morgan fingerprint density at radius 2 is 2.00 bits per heavy atom. The van der Waals surface area contributed by atoms with Gasteiger partial charge in [-0.1, -0.05) is 6.92 Å². The van der Waals surface area contributed by atoms with Gasteiger partial charge in [-0.25, -0.2) is 0 Å². The maximum atomic E-state index is 7.18. The van der Waals surface area contributed by atoms with E-state index in [1.54, 1.807) is 0 Å². The molecule has 0 aromatic rings. The molecule has 1 rings (SSSR count). The molecule has 0 aromatic heterocycles. The van der Waals surface area contributed by atoms with Crippen molar-refractivity contribution in [1.29, 1.82) is 5.41 Å². The molecule has 3 N–H and O–H groups in total. The van der Waals surface area contributed by atoms with Crippen molar-refractivity contribution in [3.63, 3.8) is 0 Å². The average Bonchev–Trinajstić information content (AvgIpc) is 2.34. The monoisotopic (exact) mass is 240 g/mol. The van der Waals surface area contributed by atoms with E-state index < -0.39 is 0 Å². The summed E-state index contributed by atoms with van der Waals surface area (Å²) in [5.41, 5.74) is 5.35. The van der Waals surface area contributed by atoms with Gasteiger partial charge in [0, 0.05) is 12.5 Å². The Hall–Kier alpha value is -0.610. The second-order valence-electron chi connectivity index (χ2n) is 5.13. The van der Waals surface area contributed by atoms with Crippen LogP contribution >= 0.6 is 0 Å². The van der Waals surface area contributed by atoms with E-state index in [1.807, 2.05) is 0 Å². The average molecular weight is 240 g/mol. The van der Waals surface area contributed by atoms with Gasteiger partial charge in [0.25, 0.3) is 0 Å². The molecular formula is C13H28N4. The van der Waals surface area contributed by atoms with Crippen LogP contribution in [0, 0.1) is 5.41 Å². The Labute approximate surface area is 106 Å². The molecule has 1 heterocycles. The highest BCUT2D eigenvalue weighted by molar-refractivity contribution is 5.76. The first-order valence-electron chi connectivity index (χ1n) is 6.89. The van der Waals surface area contributed by atoms with Gasteiger partial charge in [0.1, 0.15) is 0 Å². The molecule has 17 heavy (non-hydrogen) atoms. The summed E-state index contributed by atoms with van der Waals surface area (Å²) in [6.45, 7) is 7.07. The fourth-order valence-electron chi connectivity index (χ4n) is 2.54. The normalized spacial score (nSPS) is 18.8. The molecular weight excluding hydrogens is 212 g/mol. The van der Waals surface area contributed by atoms with Crippen LogP contribution in [0.2, 0.25) is 0 Å². The van der Waals surface area contributed by atoms with Crippen LogP contribution in [0.4, 0.5) is 0 Å². The number of rotatable bonds is 7. The largest absolute Gasteiger partial charge is 0.388 e. The molecule has 0 bridgehead atoms. The Kier molecular flexibility index (Phi) is 6.52. The Morgan fingerprint density at radius 3 is 2.53 bits per heavy atom. The van der Waals surface area contributed by atoms with Gasteiger partial charge in [-0.15, -0.1) is 0 Å². The van der Waals surface area contributed by atoms with E-state index in [0.717, 1.165) is 31.8 Å². The molecule has 0 aliphatic carbocycles. The third-order valence-corrected chi connectivity index (χ3v) is 3.83.